The molecule has 0 saturated carbocycles. The van der Waals surface area contributed by atoms with E-state index in [0.29, 0.717) is 18.4 Å². The Kier molecular flexibility index (Phi) is 9.43. The largest absolute Gasteiger partial charge is 0.351 e. The molecule has 1 aliphatic rings. The van der Waals surface area contributed by atoms with Crippen LogP contribution in [0.15, 0.2) is 47.6 Å². The monoisotopic (exact) mass is 510 g/mol. The molecular weight excluding hydrogens is 479 g/mol. The van der Waals surface area contributed by atoms with Crippen LogP contribution in [0.3, 0.4) is 0 Å². The van der Waals surface area contributed by atoms with Crippen molar-refractivity contribution in [2.24, 2.45) is 18.0 Å². The van der Waals surface area contributed by atoms with Crippen molar-refractivity contribution in [1.82, 2.24) is 25.3 Å². The van der Waals surface area contributed by atoms with Gasteiger partial charge < -0.3 is 15.5 Å². The maximum absolute atomic E-state index is 12.5. The second-order valence-corrected chi connectivity index (χ2v) is 7.24. The van der Waals surface area contributed by atoms with Gasteiger partial charge in [0, 0.05) is 33.4 Å². The molecule has 1 saturated heterocycles. The number of carbonyl (C=O) groups is 1. The third-order valence-electron chi connectivity index (χ3n) is 5.32. The summed E-state index contributed by atoms with van der Waals surface area (Å²) in [6, 6.07) is 12.6. The molecule has 29 heavy (non-hydrogen) atoms. The normalized spacial score (nSPS) is 15.0. The van der Waals surface area contributed by atoms with Crippen molar-refractivity contribution in [2.75, 3.05) is 26.7 Å². The van der Waals surface area contributed by atoms with Gasteiger partial charge in [0.2, 0.25) is 5.91 Å². The lowest BCUT2D eigenvalue weighted by Crippen LogP contribution is -2.46. The summed E-state index contributed by atoms with van der Waals surface area (Å²) in [5, 5.41) is 10.5. The lowest BCUT2D eigenvalue weighted by atomic mass is 9.90. The number of aromatic nitrogens is 2. The van der Waals surface area contributed by atoms with Crippen LogP contribution >= 0.6 is 24.0 Å². The number of hydrogen-bond acceptors (Lipinski definition) is 3. The first-order valence-electron chi connectivity index (χ1n) is 9.89. The predicted octanol–water partition coefficient (Wildman–Crippen LogP) is 2.18. The van der Waals surface area contributed by atoms with Crippen LogP contribution in [-0.2, 0) is 24.8 Å². The van der Waals surface area contributed by atoms with Crippen molar-refractivity contribution in [3.05, 3.63) is 53.9 Å². The number of hydrogen-bond donors (Lipinski definition) is 2. The Morgan fingerprint density at radius 1 is 1.17 bits per heavy atom. The third kappa shape index (κ3) is 7.02. The SMILES string of the molecule is CN=C(NCC(=O)N1CCC(Cc2ccccc2)CC1)NCc1ccnn1C.I. The van der Waals surface area contributed by atoms with Gasteiger partial charge in [-0.05, 0) is 36.8 Å². The van der Waals surface area contributed by atoms with Crippen molar-refractivity contribution in [1.29, 1.82) is 0 Å². The molecule has 0 atom stereocenters. The van der Waals surface area contributed by atoms with E-state index in [1.54, 1.807) is 13.2 Å². The maximum Gasteiger partial charge on any atom is 0.241 e. The number of aryl methyl sites for hydroxylation is 1. The molecule has 2 N–H and O–H groups in total. The Morgan fingerprint density at radius 3 is 2.52 bits per heavy atom. The lowest BCUT2D eigenvalue weighted by molar-refractivity contribution is -0.131. The number of nitrogens with zero attached hydrogens (tertiary/aromatic N) is 4. The quantitative estimate of drug-likeness (QED) is 0.355. The molecule has 8 heteroatoms. The van der Waals surface area contributed by atoms with E-state index in [-0.39, 0.29) is 36.4 Å². The van der Waals surface area contributed by atoms with Gasteiger partial charge in [-0.1, -0.05) is 30.3 Å². The lowest BCUT2D eigenvalue weighted by Gasteiger charge is -2.32. The number of aliphatic imine (C=N–C) groups is 1. The van der Waals surface area contributed by atoms with E-state index in [1.165, 1.54) is 5.56 Å². The highest BCUT2D eigenvalue weighted by molar-refractivity contribution is 14.0. The fourth-order valence-electron chi connectivity index (χ4n) is 3.57. The minimum absolute atomic E-state index is 0. The van der Waals surface area contributed by atoms with E-state index >= 15 is 0 Å². The number of nitrogens with one attached hydrogen (secondary N) is 2. The zero-order chi connectivity index (χ0) is 19.8. The van der Waals surface area contributed by atoms with Crippen LogP contribution in [-0.4, -0.2) is 53.2 Å². The summed E-state index contributed by atoms with van der Waals surface area (Å²) in [7, 11) is 3.61. The summed E-state index contributed by atoms with van der Waals surface area (Å²) in [5.41, 5.74) is 2.44. The smallest absolute Gasteiger partial charge is 0.241 e. The summed E-state index contributed by atoms with van der Waals surface area (Å²) < 4.78 is 1.81. The molecule has 0 spiro atoms. The van der Waals surface area contributed by atoms with Crippen LogP contribution in [0.25, 0.3) is 0 Å². The van der Waals surface area contributed by atoms with Gasteiger partial charge in [0.05, 0.1) is 18.8 Å². The Morgan fingerprint density at radius 2 is 1.90 bits per heavy atom. The third-order valence-corrected chi connectivity index (χ3v) is 5.32. The molecule has 1 aromatic carbocycles. The van der Waals surface area contributed by atoms with Crippen LogP contribution in [0.4, 0.5) is 0 Å². The van der Waals surface area contributed by atoms with E-state index in [9.17, 15) is 4.79 Å². The molecule has 2 aromatic rings. The molecule has 7 nitrogen and oxygen atoms in total. The van der Waals surface area contributed by atoms with Gasteiger partial charge in [0.15, 0.2) is 5.96 Å². The average molecular weight is 510 g/mol. The predicted molar refractivity (Wildman–Crippen MR) is 126 cm³/mol. The van der Waals surface area contributed by atoms with E-state index in [0.717, 1.165) is 38.0 Å². The van der Waals surface area contributed by atoms with E-state index in [2.05, 4.69) is 51.1 Å². The number of rotatable bonds is 6. The summed E-state index contributed by atoms with van der Waals surface area (Å²) in [4.78, 5) is 18.7. The Labute approximate surface area is 190 Å². The summed E-state index contributed by atoms with van der Waals surface area (Å²) >= 11 is 0. The summed E-state index contributed by atoms with van der Waals surface area (Å²) in [5.74, 6) is 1.41. The minimum atomic E-state index is 0. The number of likely N-dealkylation sites (tertiary alicyclic amines) is 1. The van der Waals surface area contributed by atoms with Crippen molar-refractivity contribution >= 4 is 35.8 Å². The van der Waals surface area contributed by atoms with Crippen molar-refractivity contribution in [3.8, 4) is 0 Å². The molecule has 1 amide bonds. The van der Waals surface area contributed by atoms with Crippen molar-refractivity contribution < 1.29 is 4.79 Å². The molecule has 1 aliphatic heterocycles. The Balaban J connectivity index is 0.00000300. The molecule has 0 radical (unpaired) electrons. The first-order valence-corrected chi connectivity index (χ1v) is 9.89. The van der Waals surface area contributed by atoms with Crippen LogP contribution in [0.5, 0.6) is 0 Å². The zero-order valence-electron chi connectivity index (χ0n) is 17.2. The summed E-state index contributed by atoms with van der Waals surface area (Å²) in [6.45, 7) is 2.53. The Bertz CT molecular complexity index is 783. The van der Waals surface area contributed by atoms with Gasteiger partial charge in [-0.15, -0.1) is 24.0 Å². The fraction of sp³-hybridized carbons (Fsp3) is 0.476. The summed E-state index contributed by atoms with van der Waals surface area (Å²) in [6.07, 6.45) is 4.99. The Hall–Kier alpha value is -2.10. The van der Waals surface area contributed by atoms with Gasteiger partial charge >= 0.3 is 0 Å². The van der Waals surface area contributed by atoms with Crippen LogP contribution < -0.4 is 10.6 Å². The maximum atomic E-state index is 12.5. The van der Waals surface area contributed by atoms with Crippen molar-refractivity contribution in [2.45, 2.75) is 25.8 Å². The standard InChI is InChI=1S/C21H30N6O.HI/c1-22-21(23-15-19-8-11-25-26(19)2)24-16-20(28)27-12-9-18(10-13-27)14-17-6-4-3-5-7-17;/h3-8,11,18H,9-10,12-16H2,1-2H3,(H2,22,23,24);1H. The van der Waals surface area contributed by atoms with Gasteiger partial charge in [-0.3, -0.25) is 14.5 Å². The highest BCUT2D eigenvalue weighted by Gasteiger charge is 2.22. The van der Waals surface area contributed by atoms with E-state index < -0.39 is 0 Å². The first-order chi connectivity index (χ1) is 13.7. The average Bonchev–Trinajstić information content (AvgIpc) is 3.14. The van der Waals surface area contributed by atoms with Gasteiger partial charge in [0.1, 0.15) is 0 Å². The van der Waals surface area contributed by atoms with E-state index in [1.807, 2.05) is 22.7 Å². The van der Waals surface area contributed by atoms with Crippen LogP contribution in [0.2, 0.25) is 0 Å². The molecule has 0 aliphatic carbocycles. The number of halogens is 1. The molecular formula is C21H31IN6O. The van der Waals surface area contributed by atoms with E-state index in [4.69, 9.17) is 0 Å². The molecule has 0 unspecified atom stereocenters. The second kappa shape index (κ2) is 11.8. The number of guanidine groups is 1. The first kappa shape index (κ1) is 23.2. The molecule has 2 heterocycles. The second-order valence-electron chi connectivity index (χ2n) is 7.24. The topological polar surface area (TPSA) is 74.6 Å². The highest BCUT2D eigenvalue weighted by atomic mass is 127. The highest BCUT2D eigenvalue weighted by Crippen LogP contribution is 2.21. The van der Waals surface area contributed by atoms with Crippen LogP contribution in [0, 0.1) is 5.92 Å². The van der Waals surface area contributed by atoms with Gasteiger partial charge in [0.25, 0.3) is 0 Å². The molecule has 1 fully saturated rings. The van der Waals surface area contributed by atoms with Crippen LogP contribution in [0.1, 0.15) is 24.1 Å². The molecule has 158 valence electrons. The number of piperidine rings is 1. The molecule has 1 aromatic heterocycles. The zero-order valence-corrected chi connectivity index (χ0v) is 19.5. The van der Waals surface area contributed by atoms with Gasteiger partial charge in [-0.25, -0.2) is 0 Å². The fourth-order valence-corrected chi connectivity index (χ4v) is 3.57. The molecule has 3 rings (SSSR count). The number of carbonyl (C=O) groups excluding carboxylic acids is 1. The van der Waals surface area contributed by atoms with Gasteiger partial charge in [-0.2, -0.15) is 5.10 Å². The van der Waals surface area contributed by atoms with Crippen molar-refractivity contribution in [3.63, 3.8) is 0 Å². The molecule has 0 bridgehead atoms. The number of benzene rings is 1. The number of amides is 1. The minimum Gasteiger partial charge on any atom is -0.351 e.